The van der Waals surface area contributed by atoms with E-state index in [9.17, 15) is 18.0 Å². The molecule has 0 spiro atoms. The summed E-state index contributed by atoms with van der Waals surface area (Å²) in [5, 5.41) is 14.3. The number of hydrogen-bond donors (Lipinski definition) is 3. The molecular formula is C17H28ClN3O5S. The second kappa shape index (κ2) is 11.9. The maximum atomic E-state index is 12.4. The Morgan fingerprint density at radius 3 is 2.11 bits per heavy atom. The summed E-state index contributed by atoms with van der Waals surface area (Å²) in [6.07, 6.45) is 1.12. The monoisotopic (exact) mass is 421 g/mol. The van der Waals surface area contributed by atoms with E-state index in [1.807, 2.05) is 6.92 Å². The number of benzene rings is 1. The number of nitrogens with zero attached hydrogens (tertiary/aromatic N) is 1. The summed E-state index contributed by atoms with van der Waals surface area (Å²) >= 11 is 0. The summed E-state index contributed by atoms with van der Waals surface area (Å²) in [7, 11) is -3.54. The third-order valence-corrected chi connectivity index (χ3v) is 5.93. The molecule has 1 amide bonds. The van der Waals surface area contributed by atoms with Gasteiger partial charge in [-0.15, -0.1) is 12.4 Å². The molecule has 0 saturated heterocycles. The quantitative estimate of drug-likeness (QED) is 0.502. The fourth-order valence-corrected chi connectivity index (χ4v) is 3.90. The number of carboxylic acids is 1. The fraction of sp³-hybridized carbons (Fsp3) is 0.529. The van der Waals surface area contributed by atoms with Crippen molar-refractivity contribution in [3.8, 4) is 0 Å². The van der Waals surface area contributed by atoms with Gasteiger partial charge < -0.3 is 10.4 Å². The Kier molecular flexibility index (Phi) is 11.2. The van der Waals surface area contributed by atoms with Gasteiger partial charge in [0.15, 0.2) is 0 Å². The number of aliphatic carboxylic acids is 1. The lowest BCUT2D eigenvalue weighted by atomic mass is 10.2. The van der Waals surface area contributed by atoms with Crippen molar-refractivity contribution in [1.29, 1.82) is 0 Å². The number of anilines is 1. The second-order valence-electron chi connectivity index (χ2n) is 5.72. The summed E-state index contributed by atoms with van der Waals surface area (Å²) in [5.41, 5.74) is 0.442. The fourth-order valence-electron chi connectivity index (χ4n) is 2.45. The molecular weight excluding hydrogens is 394 g/mol. The number of carboxylic acid groups (broad SMARTS) is 1. The van der Waals surface area contributed by atoms with Gasteiger partial charge in [-0.05, 0) is 30.7 Å². The van der Waals surface area contributed by atoms with Crippen LogP contribution in [-0.2, 0) is 19.6 Å². The predicted molar refractivity (Wildman–Crippen MR) is 107 cm³/mol. The number of sulfonamides is 1. The Bertz CT molecular complexity index is 706. The second-order valence-corrected chi connectivity index (χ2v) is 7.66. The number of rotatable bonds is 11. The van der Waals surface area contributed by atoms with E-state index in [4.69, 9.17) is 5.11 Å². The van der Waals surface area contributed by atoms with Crippen LogP contribution in [0.3, 0.4) is 0 Å². The summed E-state index contributed by atoms with van der Waals surface area (Å²) in [6, 6.07) is 5.12. The van der Waals surface area contributed by atoms with E-state index < -0.39 is 27.9 Å². The van der Waals surface area contributed by atoms with Crippen LogP contribution in [0.25, 0.3) is 0 Å². The van der Waals surface area contributed by atoms with Crippen molar-refractivity contribution < 1.29 is 23.1 Å². The Labute approximate surface area is 166 Å². The number of carbonyl (C=O) groups excluding carboxylic acids is 1. The van der Waals surface area contributed by atoms with Gasteiger partial charge >= 0.3 is 5.97 Å². The molecule has 0 bridgehead atoms. The van der Waals surface area contributed by atoms with Crippen molar-refractivity contribution in [2.24, 2.45) is 0 Å². The highest BCUT2D eigenvalue weighted by Crippen LogP contribution is 2.18. The minimum Gasteiger partial charge on any atom is -0.480 e. The first-order valence-electron chi connectivity index (χ1n) is 8.62. The van der Waals surface area contributed by atoms with E-state index in [-0.39, 0.29) is 23.8 Å². The molecule has 0 aliphatic heterocycles. The minimum atomic E-state index is -3.54. The number of carbonyl (C=O) groups is 2. The van der Waals surface area contributed by atoms with Crippen molar-refractivity contribution >= 4 is 40.0 Å². The Morgan fingerprint density at radius 1 is 1.11 bits per heavy atom. The average molecular weight is 422 g/mol. The van der Waals surface area contributed by atoms with Crippen LogP contribution in [0.4, 0.5) is 5.69 Å². The Balaban J connectivity index is 0.00000676. The van der Waals surface area contributed by atoms with Gasteiger partial charge in [-0.2, -0.15) is 4.31 Å². The standard InChI is InChI=1S/C17H27N3O5S.ClH/c1-4-7-15(17(22)23)18-12-16(21)19-13-8-10-14(11-9-13)26(24,25)20(5-2)6-3;/h8-11,15,18H,4-7,12H2,1-3H3,(H,19,21)(H,22,23);1H. The molecule has 27 heavy (non-hydrogen) atoms. The number of amides is 1. The molecule has 0 saturated carbocycles. The van der Waals surface area contributed by atoms with Crippen LogP contribution in [0.1, 0.15) is 33.6 Å². The summed E-state index contributed by atoms with van der Waals surface area (Å²) in [6.45, 7) is 6.02. The molecule has 1 aromatic carbocycles. The topological polar surface area (TPSA) is 116 Å². The highest BCUT2D eigenvalue weighted by molar-refractivity contribution is 7.89. The van der Waals surface area contributed by atoms with Gasteiger partial charge in [0.1, 0.15) is 6.04 Å². The summed E-state index contributed by atoms with van der Waals surface area (Å²) < 4.78 is 26.2. The molecule has 154 valence electrons. The molecule has 0 aromatic heterocycles. The molecule has 0 fully saturated rings. The van der Waals surface area contributed by atoms with E-state index >= 15 is 0 Å². The Hall–Kier alpha value is -1.68. The lowest BCUT2D eigenvalue weighted by Crippen LogP contribution is -2.41. The zero-order chi connectivity index (χ0) is 19.7. The molecule has 10 heteroatoms. The first-order valence-corrected chi connectivity index (χ1v) is 10.1. The molecule has 1 unspecified atom stereocenters. The van der Waals surface area contributed by atoms with E-state index in [2.05, 4.69) is 10.6 Å². The van der Waals surface area contributed by atoms with Gasteiger partial charge in [-0.1, -0.05) is 27.2 Å². The lowest BCUT2D eigenvalue weighted by molar-refractivity contribution is -0.139. The van der Waals surface area contributed by atoms with E-state index in [1.165, 1.54) is 28.6 Å². The zero-order valence-corrected chi connectivity index (χ0v) is 17.4. The third kappa shape index (κ3) is 7.45. The first-order chi connectivity index (χ1) is 12.3. The molecule has 0 aliphatic rings. The molecule has 0 radical (unpaired) electrons. The van der Waals surface area contributed by atoms with Crippen LogP contribution < -0.4 is 10.6 Å². The normalized spacial score (nSPS) is 12.3. The van der Waals surface area contributed by atoms with Crippen molar-refractivity contribution in [2.75, 3.05) is 25.0 Å². The molecule has 0 heterocycles. The smallest absolute Gasteiger partial charge is 0.320 e. The van der Waals surface area contributed by atoms with Crippen LogP contribution in [0.15, 0.2) is 29.2 Å². The zero-order valence-electron chi connectivity index (χ0n) is 15.8. The maximum Gasteiger partial charge on any atom is 0.320 e. The lowest BCUT2D eigenvalue weighted by Gasteiger charge is -2.18. The number of hydrogen-bond acceptors (Lipinski definition) is 5. The van der Waals surface area contributed by atoms with E-state index in [0.717, 1.165) is 0 Å². The van der Waals surface area contributed by atoms with Gasteiger partial charge in [0.25, 0.3) is 0 Å². The Morgan fingerprint density at radius 2 is 1.67 bits per heavy atom. The summed E-state index contributed by atoms with van der Waals surface area (Å²) in [4.78, 5) is 23.1. The van der Waals surface area contributed by atoms with E-state index in [1.54, 1.807) is 13.8 Å². The van der Waals surface area contributed by atoms with Gasteiger partial charge in [0.05, 0.1) is 11.4 Å². The molecule has 1 aromatic rings. The predicted octanol–water partition coefficient (Wildman–Crippen LogP) is 1.92. The van der Waals surface area contributed by atoms with Crippen molar-refractivity contribution in [1.82, 2.24) is 9.62 Å². The van der Waals surface area contributed by atoms with Crippen LogP contribution in [-0.4, -0.2) is 55.4 Å². The summed E-state index contributed by atoms with van der Waals surface area (Å²) in [5.74, 6) is -1.39. The highest BCUT2D eigenvalue weighted by Gasteiger charge is 2.21. The molecule has 0 aliphatic carbocycles. The van der Waals surface area contributed by atoms with Crippen molar-refractivity contribution in [3.63, 3.8) is 0 Å². The largest absolute Gasteiger partial charge is 0.480 e. The SMILES string of the molecule is CCCC(NCC(=O)Nc1ccc(S(=O)(=O)N(CC)CC)cc1)C(=O)O.Cl. The van der Waals surface area contributed by atoms with Crippen LogP contribution in [0.2, 0.25) is 0 Å². The van der Waals surface area contributed by atoms with Crippen molar-refractivity contribution in [3.05, 3.63) is 24.3 Å². The number of nitrogens with one attached hydrogen (secondary N) is 2. The molecule has 1 rings (SSSR count). The first kappa shape index (κ1) is 25.3. The molecule has 1 atom stereocenters. The molecule has 3 N–H and O–H groups in total. The van der Waals surface area contributed by atoms with E-state index in [0.29, 0.717) is 31.6 Å². The van der Waals surface area contributed by atoms with Gasteiger partial charge in [-0.3, -0.25) is 14.9 Å². The van der Waals surface area contributed by atoms with Gasteiger partial charge in [0.2, 0.25) is 15.9 Å². The van der Waals surface area contributed by atoms with Crippen LogP contribution in [0.5, 0.6) is 0 Å². The minimum absolute atomic E-state index is 0. The van der Waals surface area contributed by atoms with Gasteiger partial charge in [0, 0.05) is 18.8 Å². The molecule has 8 nitrogen and oxygen atoms in total. The third-order valence-electron chi connectivity index (χ3n) is 3.87. The number of halogens is 1. The van der Waals surface area contributed by atoms with Crippen LogP contribution >= 0.6 is 12.4 Å². The highest BCUT2D eigenvalue weighted by atomic mass is 35.5. The van der Waals surface area contributed by atoms with Crippen LogP contribution in [0, 0.1) is 0 Å². The van der Waals surface area contributed by atoms with Gasteiger partial charge in [-0.25, -0.2) is 8.42 Å². The maximum absolute atomic E-state index is 12.4. The van der Waals surface area contributed by atoms with Crippen molar-refractivity contribution in [2.45, 2.75) is 44.6 Å². The average Bonchev–Trinajstić information content (AvgIpc) is 2.59.